The van der Waals surface area contributed by atoms with Crippen molar-refractivity contribution in [2.24, 2.45) is 0 Å². The maximum atomic E-state index is 6.21. The van der Waals surface area contributed by atoms with E-state index in [9.17, 15) is 0 Å². The van der Waals surface area contributed by atoms with Crippen molar-refractivity contribution in [3.63, 3.8) is 0 Å². The summed E-state index contributed by atoms with van der Waals surface area (Å²) in [5, 5.41) is 6.21. The molecule has 0 aliphatic rings. The molecule has 0 amide bonds. The van der Waals surface area contributed by atoms with Crippen LogP contribution in [0.15, 0.2) is 25.8 Å². The van der Waals surface area contributed by atoms with E-state index >= 15 is 0 Å². The Morgan fingerprint density at radius 1 is 1.33 bits per heavy atom. The van der Waals surface area contributed by atoms with E-state index in [0.717, 1.165) is 6.21 Å². The predicted octanol–water partition coefficient (Wildman–Crippen LogP) is 1.62. The number of hydrogen-bond donors (Lipinski definition) is 1. The molecule has 0 aromatic rings. The van der Waals surface area contributed by atoms with E-state index in [1.54, 1.807) is 0 Å². The zero-order valence-electron chi connectivity index (χ0n) is 3.78. The van der Waals surface area contributed by atoms with Gasteiger partial charge in [0.05, 0.1) is 0 Å². The Labute approximate surface area is 38.5 Å². The molecule has 0 heterocycles. The summed E-state index contributed by atoms with van der Waals surface area (Å²) in [7, 11) is 0. The summed E-state index contributed by atoms with van der Waals surface area (Å²) in [6.07, 6.45) is 2.56. The van der Waals surface area contributed by atoms with E-state index in [-0.39, 0.29) is 0 Å². The van der Waals surface area contributed by atoms with E-state index in [2.05, 4.69) is 19.7 Å². The molecule has 1 heteroatoms. The van der Waals surface area contributed by atoms with Crippen LogP contribution in [0.25, 0.3) is 0 Å². The third kappa shape index (κ3) is 647. The molecule has 0 fully saturated rings. The van der Waals surface area contributed by atoms with Gasteiger partial charge >= 0.3 is 0 Å². The minimum absolute atomic E-state index is 1.14. The Balaban J connectivity index is 0. The van der Waals surface area contributed by atoms with Crippen LogP contribution in [0, 0.1) is 5.41 Å². The highest BCUT2D eigenvalue weighted by atomic mass is 14.3. The fraction of sp³-hybridized carbons (Fsp3) is 0. The molecule has 0 rings (SSSR count). The molecule has 1 nitrogen and oxygen atoms in total. The van der Waals surface area contributed by atoms with Crippen LogP contribution in [0.4, 0.5) is 0 Å². The molecule has 0 aliphatic heterocycles. The topological polar surface area (TPSA) is 23.9 Å². The minimum Gasteiger partial charge on any atom is -0.309 e. The molecule has 0 bridgehead atoms. The molecule has 0 atom stereocenters. The highest BCUT2D eigenvalue weighted by Gasteiger charge is 1.31. The Bertz CT molecular complexity index is 33.2. The predicted molar refractivity (Wildman–Crippen MR) is 30.2 cm³/mol. The van der Waals surface area contributed by atoms with Gasteiger partial charge in [0.15, 0.2) is 0 Å². The Kier molecular flexibility index (Phi) is 46.4. The Hall–Kier alpha value is -0.850. The van der Waals surface area contributed by atoms with Gasteiger partial charge in [-0.3, -0.25) is 0 Å². The van der Waals surface area contributed by atoms with E-state index in [0.29, 0.717) is 0 Å². The first-order valence-electron chi connectivity index (χ1n) is 1.53. The van der Waals surface area contributed by atoms with Gasteiger partial charge in [0.2, 0.25) is 0 Å². The van der Waals surface area contributed by atoms with E-state index in [1.807, 2.05) is 0 Å². The normalized spacial score (nSPS) is 4.00. The zero-order chi connectivity index (χ0) is 5.41. The van der Waals surface area contributed by atoms with E-state index in [1.165, 1.54) is 6.08 Å². The third-order valence-corrected chi connectivity index (χ3v) is 0.118. The van der Waals surface area contributed by atoms with Gasteiger partial charge in [-0.15, -0.1) is 13.2 Å². The van der Waals surface area contributed by atoms with E-state index in [4.69, 9.17) is 5.41 Å². The summed E-state index contributed by atoms with van der Waals surface area (Å²) < 4.78 is 0. The maximum Gasteiger partial charge on any atom is 0.0171 e. The lowest BCUT2D eigenvalue weighted by molar-refractivity contribution is 1.58. The van der Waals surface area contributed by atoms with Crippen LogP contribution in [-0.2, 0) is 0 Å². The van der Waals surface area contributed by atoms with Gasteiger partial charge in [-0.1, -0.05) is 12.7 Å². The number of allylic oxidation sites excluding steroid dienone is 1. The second-order valence-corrected chi connectivity index (χ2v) is 0.402. The van der Waals surface area contributed by atoms with Crippen LogP contribution >= 0.6 is 0 Å². The molecule has 34 valence electrons. The summed E-state index contributed by atoms with van der Waals surface area (Å²) >= 11 is 0. The molecule has 0 unspecified atom stereocenters. The van der Waals surface area contributed by atoms with Gasteiger partial charge in [0.25, 0.3) is 0 Å². The molecule has 0 aromatic carbocycles. The van der Waals surface area contributed by atoms with Crippen molar-refractivity contribution in [2.45, 2.75) is 0 Å². The molecule has 0 saturated heterocycles. The van der Waals surface area contributed by atoms with Crippen LogP contribution < -0.4 is 0 Å². The first-order chi connectivity index (χ1) is 2.91. The minimum atomic E-state index is 1.14. The monoisotopic (exact) mass is 83.1 g/mol. The lowest BCUT2D eigenvalue weighted by Crippen LogP contribution is -1.41. The van der Waals surface area contributed by atoms with Gasteiger partial charge in [-0.05, 0) is 0 Å². The average molecular weight is 83.1 g/mol. The van der Waals surface area contributed by atoms with Crippen LogP contribution in [-0.4, -0.2) is 6.21 Å². The largest absolute Gasteiger partial charge is 0.309 e. The van der Waals surface area contributed by atoms with Crippen LogP contribution in [0.2, 0.25) is 0 Å². The lowest BCUT2D eigenvalue weighted by atomic mass is 10.7. The van der Waals surface area contributed by atoms with Gasteiger partial charge in [-0.2, -0.15) is 0 Å². The van der Waals surface area contributed by atoms with Gasteiger partial charge in [-0.25, -0.2) is 0 Å². The van der Waals surface area contributed by atoms with Crippen molar-refractivity contribution in [3.05, 3.63) is 25.8 Å². The molecular weight excluding hydrogens is 74.1 g/mol. The summed E-state index contributed by atoms with van der Waals surface area (Å²) in [6.45, 7) is 9.24. The molecule has 0 saturated carbocycles. The standard InChI is InChI=1S/C3H5N.C2H4/c1-2-3-4;1-2/h2-4H,1H2;1-2H2. The molecule has 0 radical (unpaired) electrons. The molecule has 0 aliphatic carbocycles. The molecule has 6 heavy (non-hydrogen) atoms. The SMILES string of the molecule is C=C.C=CC=N. The number of rotatable bonds is 1. The van der Waals surface area contributed by atoms with Crippen LogP contribution in [0.5, 0.6) is 0 Å². The second-order valence-electron chi connectivity index (χ2n) is 0.402. The zero-order valence-corrected chi connectivity index (χ0v) is 3.78. The molecule has 0 aromatic heterocycles. The Morgan fingerprint density at radius 2 is 1.50 bits per heavy atom. The summed E-state index contributed by atoms with van der Waals surface area (Å²) in [6, 6.07) is 0. The van der Waals surface area contributed by atoms with Crippen molar-refractivity contribution in [3.8, 4) is 0 Å². The van der Waals surface area contributed by atoms with Crippen molar-refractivity contribution < 1.29 is 0 Å². The van der Waals surface area contributed by atoms with Crippen molar-refractivity contribution in [1.29, 1.82) is 5.41 Å². The van der Waals surface area contributed by atoms with Gasteiger partial charge < -0.3 is 5.41 Å². The number of nitrogens with one attached hydrogen (secondary N) is 1. The number of hydrogen-bond acceptors (Lipinski definition) is 1. The maximum absolute atomic E-state index is 6.21. The summed E-state index contributed by atoms with van der Waals surface area (Å²) in [5.74, 6) is 0. The van der Waals surface area contributed by atoms with Crippen molar-refractivity contribution in [1.82, 2.24) is 0 Å². The quantitative estimate of drug-likeness (QED) is 0.368. The van der Waals surface area contributed by atoms with Crippen LogP contribution in [0.1, 0.15) is 0 Å². The summed E-state index contributed by atoms with van der Waals surface area (Å²) in [5.41, 5.74) is 0. The molecular formula is C5H9N. The molecule has 1 N–H and O–H groups in total. The Morgan fingerprint density at radius 3 is 1.50 bits per heavy atom. The highest BCUT2D eigenvalue weighted by Crippen LogP contribution is 1.37. The fourth-order valence-electron chi connectivity index (χ4n) is 0. The summed E-state index contributed by atoms with van der Waals surface area (Å²) in [4.78, 5) is 0. The fourth-order valence-corrected chi connectivity index (χ4v) is 0. The third-order valence-electron chi connectivity index (χ3n) is 0.118. The van der Waals surface area contributed by atoms with E-state index < -0.39 is 0 Å². The van der Waals surface area contributed by atoms with Gasteiger partial charge in [0, 0.05) is 6.21 Å². The molecule has 0 spiro atoms. The lowest BCUT2D eigenvalue weighted by Gasteiger charge is -1.43. The second kappa shape index (κ2) is 31.1. The van der Waals surface area contributed by atoms with Gasteiger partial charge in [0.1, 0.15) is 0 Å². The first kappa shape index (κ1) is 8.94. The smallest absolute Gasteiger partial charge is 0.0171 e. The van der Waals surface area contributed by atoms with Crippen molar-refractivity contribution >= 4 is 6.21 Å². The van der Waals surface area contributed by atoms with Crippen molar-refractivity contribution in [2.75, 3.05) is 0 Å². The highest BCUT2D eigenvalue weighted by molar-refractivity contribution is 5.66. The average Bonchev–Trinajstić information content (AvgIpc) is 1.72. The van der Waals surface area contributed by atoms with Crippen LogP contribution in [0.3, 0.4) is 0 Å². The first-order valence-corrected chi connectivity index (χ1v) is 1.53.